The molecule has 2 aromatic carbocycles. The third-order valence-corrected chi connectivity index (χ3v) is 5.82. The van der Waals surface area contributed by atoms with Crippen LogP contribution in [0.5, 0.6) is 5.75 Å². The number of morpholine rings is 1. The molecule has 1 aliphatic heterocycles. The summed E-state index contributed by atoms with van der Waals surface area (Å²) in [5, 5.41) is 10.8. The quantitative estimate of drug-likeness (QED) is 0.649. The van der Waals surface area contributed by atoms with Crippen molar-refractivity contribution in [1.29, 1.82) is 0 Å². The summed E-state index contributed by atoms with van der Waals surface area (Å²) < 4.78 is 25.5. The molecule has 158 valence electrons. The molecule has 0 saturated carbocycles. The molecule has 0 aliphatic carbocycles. The van der Waals surface area contributed by atoms with Crippen molar-refractivity contribution in [3.8, 4) is 5.75 Å². The molecule has 2 unspecified atom stereocenters. The van der Waals surface area contributed by atoms with Crippen LogP contribution in [0.2, 0.25) is 10.0 Å². The number of ether oxygens (including phenoxy) is 2. The predicted molar refractivity (Wildman–Crippen MR) is 114 cm³/mol. The maximum absolute atomic E-state index is 13.9. The monoisotopic (exact) mass is 441 g/mol. The van der Waals surface area contributed by atoms with E-state index in [2.05, 4.69) is 11.0 Å². The Morgan fingerprint density at radius 2 is 1.97 bits per heavy atom. The summed E-state index contributed by atoms with van der Waals surface area (Å²) in [4.78, 5) is 2.07. The van der Waals surface area contributed by atoms with Gasteiger partial charge in [-0.15, -0.1) is 0 Å². The normalized spacial score (nSPS) is 18.7. The van der Waals surface area contributed by atoms with Crippen LogP contribution in [0, 0.1) is 26.6 Å². The summed E-state index contributed by atoms with van der Waals surface area (Å²) in [5.41, 5.74) is 3.93. The fourth-order valence-corrected chi connectivity index (χ4v) is 4.03. The number of halogens is 3. The first-order chi connectivity index (χ1) is 13.7. The summed E-state index contributed by atoms with van der Waals surface area (Å²) >= 11 is 12.0. The second-order valence-corrected chi connectivity index (χ2v) is 8.39. The lowest BCUT2D eigenvalue weighted by Crippen LogP contribution is -2.43. The molecule has 3 rings (SSSR count). The second kappa shape index (κ2) is 9.63. The first-order valence-corrected chi connectivity index (χ1v) is 10.4. The zero-order valence-corrected chi connectivity index (χ0v) is 18.4. The van der Waals surface area contributed by atoms with E-state index < -0.39 is 11.9 Å². The Hall–Kier alpha value is -1.37. The number of aryl methyl sites for hydroxylation is 2. The molecular formula is C22H26Cl2FNO3. The number of benzene rings is 2. The minimum absolute atomic E-state index is 0.0133. The summed E-state index contributed by atoms with van der Waals surface area (Å²) in [6.45, 7) is 8.34. The molecule has 1 N–H and O–H groups in total. The van der Waals surface area contributed by atoms with E-state index in [1.165, 1.54) is 12.1 Å². The number of hydrogen-bond acceptors (Lipinski definition) is 4. The van der Waals surface area contributed by atoms with Crippen LogP contribution in [-0.2, 0) is 4.74 Å². The number of β-amino-alcohol motifs (C(OH)–C–C–N with tert-alkyl or cyclic N) is 1. The number of nitrogens with zero attached hydrogens (tertiary/aromatic N) is 1. The van der Waals surface area contributed by atoms with Crippen molar-refractivity contribution in [2.24, 2.45) is 0 Å². The van der Waals surface area contributed by atoms with E-state index in [9.17, 15) is 9.50 Å². The molecule has 2 atom stereocenters. The van der Waals surface area contributed by atoms with Crippen LogP contribution in [0.3, 0.4) is 0 Å². The Kier molecular flexibility index (Phi) is 7.41. The summed E-state index contributed by atoms with van der Waals surface area (Å²) in [5.74, 6) is 0.272. The Bertz CT molecular complexity index is 878. The van der Waals surface area contributed by atoms with Crippen LogP contribution in [0.4, 0.5) is 4.39 Å². The molecule has 0 aromatic heterocycles. The van der Waals surface area contributed by atoms with Crippen molar-refractivity contribution in [2.75, 3.05) is 32.8 Å². The lowest BCUT2D eigenvalue weighted by Gasteiger charge is -2.34. The molecule has 2 aromatic rings. The highest BCUT2D eigenvalue weighted by Crippen LogP contribution is 2.32. The molecule has 0 amide bonds. The molecule has 1 heterocycles. The maximum atomic E-state index is 13.9. The highest BCUT2D eigenvalue weighted by molar-refractivity contribution is 6.35. The molecule has 1 aliphatic rings. The average Bonchev–Trinajstić information content (AvgIpc) is 2.66. The van der Waals surface area contributed by atoms with Gasteiger partial charge in [0.1, 0.15) is 24.3 Å². The number of rotatable bonds is 6. The van der Waals surface area contributed by atoms with Gasteiger partial charge in [-0.2, -0.15) is 0 Å². The van der Waals surface area contributed by atoms with Crippen LogP contribution < -0.4 is 4.74 Å². The van der Waals surface area contributed by atoms with Gasteiger partial charge in [-0.3, -0.25) is 4.90 Å². The van der Waals surface area contributed by atoms with Crippen LogP contribution in [0.25, 0.3) is 0 Å². The van der Waals surface area contributed by atoms with Crippen molar-refractivity contribution < 1.29 is 19.0 Å². The Morgan fingerprint density at radius 3 is 2.72 bits per heavy atom. The topological polar surface area (TPSA) is 41.9 Å². The van der Waals surface area contributed by atoms with Gasteiger partial charge >= 0.3 is 0 Å². The molecule has 1 saturated heterocycles. The zero-order valence-electron chi connectivity index (χ0n) is 16.8. The van der Waals surface area contributed by atoms with Crippen molar-refractivity contribution in [2.45, 2.75) is 33.0 Å². The zero-order chi connectivity index (χ0) is 21.1. The highest BCUT2D eigenvalue weighted by Gasteiger charge is 2.26. The summed E-state index contributed by atoms with van der Waals surface area (Å²) in [7, 11) is 0. The van der Waals surface area contributed by atoms with E-state index >= 15 is 0 Å². The van der Waals surface area contributed by atoms with Gasteiger partial charge in [0.15, 0.2) is 0 Å². The van der Waals surface area contributed by atoms with E-state index in [-0.39, 0.29) is 17.7 Å². The predicted octanol–water partition coefficient (Wildman–Crippen LogP) is 4.87. The van der Waals surface area contributed by atoms with E-state index in [4.69, 9.17) is 32.7 Å². The number of aliphatic hydroxyl groups is 1. The SMILES string of the molecule is Cc1cc(C)c(C)c(OCC(O)CN2CCOC(c3cc(F)c(Cl)cc3Cl)C2)c1. The van der Waals surface area contributed by atoms with Crippen molar-refractivity contribution >= 4 is 23.2 Å². The van der Waals surface area contributed by atoms with E-state index in [1.54, 1.807) is 0 Å². The minimum Gasteiger partial charge on any atom is -0.491 e. The van der Waals surface area contributed by atoms with Crippen LogP contribution in [-0.4, -0.2) is 49.0 Å². The lowest BCUT2D eigenvalue weighted by molar-refractivity contribution is -0.0460. The van der Waals surface area contributed by atoms with Gasteiger partial charge in [0.2, 0.25) is 0 Å². The van der Waals surface area contributed by atoms with E-state index in [1.807, 2.05) is 26.8 Å². The highest BCUT2D eigenvalue weighted by atomic mass is 35.5. The maximum Gasteiger partial charge on any atom is 0.142 e. The minimum atomic E-state index is -0.661. The summed E-state index contributed by atoms with van der Waals surface area (Å²) in [6, 6.07) is 6.81. The number of hydrogen-bond donors (Lipinski definition) is 1. The van der Waals surface area contributed by atoms with Crippen molar-refractivity contribution in [1.82, 2.24) is 4.90 Å². The Morgan fingerprint density at radius 1 is 1.21 bits per heavy atom. The standard InChI is InChI=1S/C22H26Cl2FNO3/c1-13-6-14(2)15(3)21(7-13)29-12-16(27)10-26-4-5-28-22(11-26)17-8-20(25)19(24)9-18(17)23/h6-9,16,22,27H,4-5,10-12H2,1-3H3. The lowest BCUT2D eigenvalue weighted by atomic mass is 10.1. The van der Waals surface area contributed by atoms with Gasteiger partial charge in [0.25, 0.3) is 0 Å². The largest absolute Gasteiger partial charge is 0.491 e. The fourth-order valence-electron chi connectivity index (χ4n) is 3.53. The van der Waals surface area contributed by atoms with Gasteiger partial charge in [-0.05, 0) is 55.7 Å². The molecule has 4 nitrogen and oxygen atoms in total. The fraction of sp³-hybridized carbons (Fsp3) is 0.455. The van der Waals surface area contributed by atoms with Crippen LogP contribution in [0.15, 0.2) is 24.3 Å². The van der Waals surface area contributed by atoms with Crippen molar-refractivity contribution in [3.05, 3.63) is 62.4 Å². The van der Waals surface area contributed by atoms with Crippen molar-refractivity contribution in [3.63, 3.8) is 0 Å². The molecule has 0 spiro atoms. The molecule has 0 radical (unpaired) electrons. The summed E-state index contributed by atoms with van der Waals surface area (Å²) in [6.07, 6.45) is -1.04. The smallest absolute Gasteiger partial charge is 0.142 e. The molecule has 0 bridgehead atoms. The van der Waals surface area contributed by atoms with Gasteiger partial charge in [0, 0.05) is 30.2 Å². The number of aliphatic hydroxyl groups excluding tert-OH is 1. The van der Waals surface area contributed by atoms with Gasteiger partial charge in [0.05, 0.1) is 17.7 Å². The molecule has 7 heteroatoms. The second-order valence-electron chi connectivity index (χ2n) is 7.58. The molecule has 29 heavy (non-hydrogen) atoms. The third kappa shape index (κ3) is 5.62. The van der Waals surface area contributed by atoms with Gasteiger partial charge in [-0.25, -0.2) is 4.39 Å². The average molecular weight is 442 g/mol. The molecular weight excluding hydrogens is 416 g/mol. The third-order valence-electron chi connectivity index (χ3n) is 5.20. The van der Waals surface area contributed by atoms with Crippen LogP contribution in [0.1, 0.15) is 28.4 Å². The Labute approximate surface area is 181 Å². The van der Waals surface area contributed by atoms with E-state index in [0.29, 0.717) is 36.8 Å². The Balaban J connectivity index is 1.58. The van der Waals surface area contributed by atoms with Gasteiger partial charge < -0.3 is 14.6 Å². The van der Waals surface area contributed by atoms with Crippen LogP contribution >= 0.6 is 23.2 Å². The molecule has 1 fully saturated rings. The van der Waals surface area contributed by atoms with E-state index in [0.717, 1.165) is 22.4 Å². The first-order valence-electron chi connectivity index (χ1n) is 9.61. The first kappa shape index (κ1) is 22.3. The van der Waals surface area contributed by atoms with Gasteiger partial charge in [-0.1, -0.05) is 29.3 Å².